The van der Waals surface area contributed by atoms with Gasteiger partial charge in [-0.2, -0.15) is 5.10 Å². The van der Waals surface area contributed by atoms with E-state index in [1.165, 1.54) is 0 Å². The van der Waals surface area contributed by atoms with Crippen molar-refractivity contribution >= 4 is 5.91 Å². The Balaban J connectivity index is 1.39. The predicted molar refractivity (Wildman–Crippen MR) is 98.4 cm³/mol. The Morgan fingerprint density at radius 1 is 1.20 bits per heavy atom. The molecule has 134 valence electrons. The average Bonchev–Trinajstić information content (AvgIpc) is 3.06. The van der Waals surface area contributed by atoms with Gasteiger partial charge in [0, 0.05) is 38.3 Å². The molecule has 1 aromatic heterocycles. The molecule has 1 aromatic carbocycles. The SMILES string of the molecule is CC1CCN(C(=O)CCCOc2ccc(-c3cnn(C)c3)cc2)CC1. The Morgan fingerprint density at radius 2 is 1.92 bits per heavy atom. The highest BCUT2D eigenvalue weighted by molar-refractivity contribution is 5.76. The van der Waals surface area contributed by atoms with Gasteiger partial charge in [-0.3, -0.25) is 9.48 Å². The molecule has 1 fully saturated rings. The molecule has 3 rings (SSSR count). The number of aryl methyl sites for hydroxylation is 1. The minimum absolute atomic E-state index is 0.266. The number of amides is 1. The lowest BCUT2D eigenvalue weighted by Gasteiger charge is -2.30. The number of ether oxygens (including phenoxy) is 1. The zero-order valence-electron chi connectivity index (χ0n) is 15.1. The molecule has 0 spiro atoms. The molecule has 0 radical (unpaired) electrons. The van der Waals surface area contributed by atoms with Crippen molar-refractivity contribution in [2.45, 2.75) is 32.6 Å². The van der Waals surface area contributed by atoms with Crippen LogP contribution in [0.3, 0.4) is 0 Å². The number of aromatic nitrogens is 2. The molecule has 0 aliphatic carbocycles. The van der Waals surface area contributed by atoms with Gasteiger partial charge in [-0.05, 0) is 42.9 Å². The lowest BCUT2D eigenvalue weighted by atomic mass is 9.99. The molecule has 1 aliphatic heterocycles. The third kappa shape index (κ3) is 4.84. The van der Waals surface area contributed by atoms with Crippen molar-refractivity contribution in [2.75, 3.05) is 19.7 Å². The standard InChI is InChI=1S/C20H27N3O2/c1-16-9-11-23(12-10-16)20(24)4-3-13-25-19-7-5-17(6-8-19)18-14-21-22(2)15-18/h5-8,14-16H,3-4,9-13H2,1-2H3. The minimum Gasteiger partial charge on any atom is -0.494 e. The van der Waals surface area contributed by atoms with Crippen LogP contribution in [-0.2, 0) is 11.8 Å². The molecule has 2 heterocycles. The zero-order chi connectivity index (χ0) is 17.6. The van der Waals surface area contributed by atoms with Gasteiger partial charge in [0.1, 0.15) is 5.75 Å². The van der Waals surface area contributed by atoms with Gasteiger partial charge in [0.2, 0.25) is 5.91 Å². The fourth-order valence-corrected chi connectivity index (χ4v) is 3.14. The van der Waals surface area contributed by atoms with E-state index < -0.39 is 0 Å². The molecule has 0 unspecified atom stereocenters. The van der Waals surface area contributed by atoms with Crippen molar-refractivity contribution in [3.63, 3.8) is 0 Å². The first-order valence-electron chi connectivity index (χ1n) is 9.11. The number of hydrogen-bond acceptors (Lipinski definition) is 3. The van der Waals surface area contributed by atoms with E-state index in [4.69, 9.17) is 4.74 Å². The Morgan fingerprint density at radius 3 is 2.56 bits per heavy atom. The summed E-state index contributed by atoms with van der Waals surface area (Å²) in [6.45, 7) is 4.66. The number of hydrogen-bond donors (Lipinski definition) is 0. The molecule has 5 heteroatoms. The van der Waals surface area contributed by atoms with Gasteiger partial charge in [-0.25, -0.2) is 0 Å². The number of likely N-dealkylation sites (tertiary alicyclic amines) is 1. The highest BCUT2D eigenvalue weighted by Gasteiger charge is 2.19. The molecule has 1 aliphatic rings. The largest absolute Gasteiger partial charge is 0.494 e. The molecular weight excluding hydrogens is 314 g/mol. The third-order valence-corrected chi connectivity index (χ3v) is 4.83. The maximum atomic E-state index is 12.2. The first-order valence-corrected chi connectivity index (χ1v) is 9.11. The maximum absolute atomic E-state index is 12.2. The lowest BCUT2D eigenvalue weighted by molar-refractivity contribution is -0.132. The van der Waals surface area contributed by atoms with Gasteiger partial charge in [0.15, 0.2) is 0 Å². The van der Waals surface area contributed by atoms with E-state index in [0.29, 0.717) is 13.0 Å². The van der Waals surface area contributed by atoms with Crippen LogP contribution >= 0.6 is 0 Å². The molecule has 1 amide bonds. The van der Waals surface area contributed by atoms with Crippen LogP contribution in [0, 0.1) is 5.92 Å². The topological polar surface area (TPSA) is 47.4 Å². The van der Waals surface area contributed by atoms with E-state index in [1.54, 1.807) is 4.68 Å². The molecule has 0 saturated carbocycles. The minimum atomic E-state index is 0.266. The summed E-state index contributed by atoms with van der Waals surface area (Å²) in [5.41, 5.74) is 2.21. The van der Waals surface area contributed by atoms with Crippen LogP contribution in [0.15, 0.2) is 36.7 Å². The summed E-state index contributed by atoms with van der Waals surface area (Å²) in [7, 11) is 1.91. The van der Waals surface area contributed by atoms with Crippen LogP contribution in [-0.4, -0.2) is 40.3 Å². The van der Waals surface area contributed by atoms with E-state index in [2.05, 4.69) is 12.0 Å². The first kappa shape index (κ1) is 17.5. The van der Waals surface area contributed by atoms with Gasteiger partial charge in [-0.15, -0.1) is 0 Å². The Labute approximate surface area is 149 Å². The van der Waals surface area contributed by atoms with E-state index in [1.807, 2.05) is 48.6 Å². The second-order valence-corrected chi connectivity index (χ2v) is 6.94. The molecule has 0 N–H and O–H groups in total. The summed E-state index contributed by atoms with van der Waals surface area (Å²) in [4.78, 5) is 14.2. The molecular formula is C20H27N3O2. The number of carbonyl (C=O) groups is 1. The number of carbonyl (C=O) groups excluding carboxylic acids is 1. The summed E-state index contributed by atoms with van der Waals surface area (Å²) in [6.07, 6.45) is 7.43. The maximum Gasteiger partial charge on any atom is 0.222 e. The smallest absolute Gasteiger partial charge is 0.222 e. The first-order chi connectivity index (χ1) is 12.1. The highest BCUT2D eigenvalue weighted by atomic mass is 16.5. The van der Waals surface area contributed by atoms with Crippen LogP contribution in [0.25, 0.3) is 11.1 Å². The van der Waals surface area contributed by atoms with Crippen LogP contribution in [0.2, 0.25) is 0 Å². The Kier molecular flexibility index (Phi) is 5.74. The normalized spacial score (nSPS) is 15.4. The lowest BCUT2D eigenvalue weighted by Crippen LogP contribution is -2.37. The van der Waals surface area contributed by atoms with E-state index in [-0.39, 0.29) is 5.91 Å². The molecule has 0 atom stereocenters. The van der Waals surface area contributed by atoms with Crippen molar-refractivity contribution in [1.82, 2.24) is 14.7 Å². The van der Waals surface area contributed by atoms with E-state index in [9.17, 15) is 4.79 Å². The second-order valence-electron chi connectivity index (χ2n) is 6.94. The fourth-order valence-electron chi connectivity index (χ4n) is 3.14. The van der Waals surface area contributed by atoms with Crippen LogP contribution in [0.1, 0.15) is 32.6 Å². The van der Waals surface area contributed by atoms with Crippen molar-refractivity contribution in [2.24, 2.45) is 13.0 Å². The van der Waals surface area contributed by atoms with E-state index in [0.717, 1.165) is 55.1 Å². The molecule has 5 nitrogen and oxygen atoms in total. The number of nitrogens with zero attached hydrogens (tertiary/aromatic N) is 3. The predicted octanol–water partition coefficient (Wildman–Crippen LogP) is 3.50. The van der Waals surface area contributed by atoms with Crippen molar-refractivity contribution in [1.29, 1.82) is 0 Å². The summed E-state index contributed by atoms with van der Waals surface area (Å²) in [5.74, 6) is 1.86. The number of benzene rings is 1. The van der Waals surface area contributed by atoms with Gasteiger partial charge in [0.25, 0.3) is 0 Å². The quantitative estimate of drug-likeness (QED) is 0.756. The summed E-state index contributed by atoms with van der Waals surface area (Å²) >= 11 is 0. The van der Waals surface area contributed by atoms with Crippen molar-refractivity contribution < 1.29 is 9.53 Å². The fraction of sp³-hybridized carbons (Fsp3) is 0.500. The van der Waals surface area contributed by atoms with Crippen LogP contribution in [0.5, 0.6) is 5.75 Å². The van der Waals surface area contributed by atoms with Crippen LogP contribution < -0.4 is 4.74 Å². The van der Waals surface area contributed by atoms with Gasteiger partial charge >= 0.3 is 0 Å². The monoisotopic (exact) mass is 341 g/mol. The molecule has 0 bridgehead atoms. The third-order valence-electron chi connectivity index (χ3n) is 4.83. The average molecular weight is 341 g/mol. The van der Waals surface area contributed by atoms with Gasteiger partial charge < -0.3 is 9.64 Å². The van der Waals surface area contributed by atoms with Crippen molar-refractivity contribution in [3.05, 3.63) is 36.7 Å². The zero-order valence-corrected chi connectivity index (χ0v) is 15.1. The summed E-state index contributed by atoms with van der Waals surface area (Å²) in [6, 6.07) is 8.01. The van der Waals surface area contributed by atoms with Gasteiger partial charge in [0.05, 0.1) is 12.8 Å². The highest BCUT2D eigenvalue weighted by Crippen LogP contribution is 2.22. The Bertz CT molecular complexity index is 685. The summed E-state index contributed by atoms with van der Waals surface area (Å²) in [5, 5.41) is 4.18. The van der Waals surface area contributed by atoms with Crippen LogP contribution in [0.4, 0.5) is 0 Å². The Hall–Kier alpha value is -2.30. The number of piperidine rings is 1. The molecule has 1 saturated heterocycles. The summed E-state index contributed by atoms with van der Waals surface area (Å²) < 4.78 is 7.56. The van der Waals surface area contributed by atoms with Gasteiger partial charge in [-0.1, -0.05) is 19.1 Å². The van der Waals surface area contributed by atoms with Crippen molar-refractivity contribution in [3.8, 4) is 16.9 Å². The number of rotatable bonds is 6. The molecule has 25 heavy (non-hydrogen) atoms. The van der Waals surface area contributed by atoms with E-state index >= 15 is 0 Å². The molecule has 2 aromatic rings. The second kappa shape index (κ2) is 8.19.